The maximum Gasteiger partial charge on any atom is 0.175 e. The first-order valence-corrected chi connectivity index (χ1v) is 7.57. The van der Waals surface area contributed by atoms with Crippen molar-refractivity contribution in [2.75, 3.05) is 20.3 Å². The fourth-order valence-corrected chi connectivity index (χ4v) is 2.33. The Morgan fingerprint density at radius 2 is 2.00 bits per heavy atom. The van der Waals surface area contributed by atoms with Crippen LogP contribution < -0.4 is 14.8 Å². The predicted molar refractivity (Wildman–Crippen MR) is 90.3 cm³/mol. The summed E-state index contributed by atoms with van der Waals surface area (Å²) in [4.78, 5) is 0. The number of hydrogen-bond donors (Lipinski definition) is 1. The summed E-state index contributed by atoms with van der Waals surface area (Å²) >= 11 is 3.56. The highest BCUT2D eigenvalue weighted by Gasteiger charge is 2.11. The van der Waals surface area contributed by atoms with Gasteiger partial charge in [0.05, 0.1) is 18.2 Å². The number of hydrogen-bond acceptors (Lipinski definition) is 3. The SMILES string of the molecule is CCCOc1c(Br)cc(CNCC(C)C)cc1OC.Cl. The first-order chi connectivity index (χ1) is 9.08. The zero-order valence-corrected chi connectivity index (χ0v) is 15.1. The molecule has 0 bridgehead atoms. The van der Waals surface area contributed by atoms with Crippen molar-refractivity contribution < 1.29 is 9.47 Å². The average Bonchev–Trinajstić information content (AvgIpc) is 2.36. The molecule has 0 aliphatic rings. The van der Waals surface area contributed by atoms with Gasteiger partial charge in [-0.05, 0) is 52.5 Å². The second-order valence-electron chi connectivity index (χ2n) is 4.98. The molecule has 1 N–H and O–H groups in total. The van der Waals surface area contributed by atoms with Crippen LogP contribution in [-0.2, 0) is 6.54 Å². The lowest BCUT2D eigenvalue weighted by atomic mass is 10.2. The van der Waals surface area contributed by atoms with Gasteiger partial charge in [0.1, 0.15) is 0 Å². The molecular formula is C15H25BrClNO2. The highest BCUT2D eigenvalue weighted by molar-refractivity contribution is 9.10. The van der Waals surface area contributed by atoms with Gasteiger partial charge in [0.15, 0.2) is 11.5 Å². The molecule has 20 heavy (non-hydrogen) atoms. The van der Waals surface area contributed by atoms with Crippen LogP contribution in [-0.4, -0.2) is 20.3 Å². The molecule has 1 rings (SSSR count). The fraction of sp³-hybridized carbons (Fsp3) is 0.600. The van der Waals surface area contributed by atoms with Crippen LogP contribution in [0.1, 0.15) is 32.8 Å². The first-order valence-electron chi connectivity index (χ1n) is 6.78. The number of methoxy groups -OCH3 is 1. The lowest BCUT2D eigenvalue weighted by molar-refractivity contribution is 0.292. The molecule has 0 unspecified atom stereocenters. The summed E-state index contributed by atoms with van der Waals surface area (Å²) in [5.41, 5.74) is 1.19. The molecule has 0 aliphatic carbocycles. The van der Waals surface area contributed by atoms with E-state index in [0.717, 1.165) is 35.5 Å². The van der Waals surface area contributed by atoms with Crippen LogP contribution in [0.5, 0.6) is 11.5 Å². The second-order valence-corrected chi connectivity index (χ2v) is 5.84. The highest BCUT2D eigenvalue weighted by atomic mass is 79.9. The minimum atomic E-state index is 0. The number of nitrogens with one attached hydrogen (secondary N) is 1. The third-order valence-corrected chi connectivity index (χ3v) is 3.21. The van der Waals surface area contributed by atoms with E-state index >= 15 is 0 Å². The number of benzene rings is 1. The lowest BCUT2D eigenvalue weighted by Crippen LogP contribution is -2.19. The van der Waals surface area contributed by atoms with Crippen LogP contribution in [0.4, 0.5) is 0 Å². The smallest absolute Gasteiger partial charge is 0.175 e. The molecule has 116 valence electrons. The van der Waals surface area contributed by atoms with Crippen LogP contribution >= 0.6 is 28.3 Å². The van der Waals surface area contributed by atoms with Gasteiger partial charge in [-0.2, -0.15) is 0 Å². The van der Waals surface area contributed by atoms with Crippen LogP contribution in [0.3, 0.4) is 0 Å². The minimum Gasteiger partial charge on any atom is -0.493 e. The van der Waals surface area contributed by atoms with Gasteiger partial charge >= 0.3 is 0 Å². The fourth-order valence-electron chi connectivity index (χ4n) is 1.72. The Bertz CT molecular complexity index is 400. The Kier molecular flexibility index (Phi) is 10.1. The van der Waals surface area contributed by atoms with E-state index in [2.05, 4.69) is 48.1 Å². The van der Waals surface area contributed by atoms with E-state index in [4.69, 9.17) is 9.47 Å². The van der Waals surface area contributed by atoms with E-state index in [1.165, 1.54) is 5.56 Å². The molecule has 1 aromatic carbocycles. The number of rotatable bonds is 8. The van der Waals surface area contributed by atoms with Gasteiger partial charge in [-0.15, -0.1) is 12.4 Å². The summed E-state index contributed by atoms with van der Waals surface area (Å²) in [7, 11) is 1.67. The molecular weight excluding hydrogens is 342 g/mol. The van der Waals surface area contributed by atoms with Gasteiger partial charge in [0.25, 0.3) is 0 Å². The van der Waals surface area contributed by atoms with Crippen molar-refractivity contribution in [3.63, 3.8) is 0 Å². The van der Waals surface area contributed by atoms with E-state index in [0.29, 0.717) is 12.5 Å². The number of ether oxygens (including phenoxy) is 2. The molecule has 0 atom stereocenters. The second kappa shape index (κ2) is 10.3. The quantitative estimate of drug-likeness (QED) is 0.739. The van der Waals surface area contributed by atoms with Crippen molar-refractivity contribution in [1.29, 1.82) is 0 Å². The molecule has 1 aromatic rings. The van der Waals surface area contributed by atoms with Gasteiger partial charge in [0.2, 0.25) is 0 Å². The molecule has 0 aromatic heterocycles. The van der Waals surface area contributed by atoms with E-state index in [9.17, 15) is 0 Å². The molecule has 0 radical (unpaired) electrons. The topological polar surface area (TPSA) is 30.5 Å². The Labute approximate surface area is 137 Å². The van der Waals surface area contributed by atoms with Crippen molar-refractivity contribution in [3.8, 4) is 11.5 Å². The maximum absolute atomic E-state index is 5.71. The molecule has 0 heterocycles. The van der Waals surface area contributed by atoms with Crippen molar-refractivity contribution >= 4 is 28.3 Å². The van der Waals surface area contributed by atoms with Gasteiger partial charge in [-0.3, -0.25) is 0 Å². The van der Waals surface area contributed by atoms with Crippen molar-refractivity contribution in [2.24, 2.45) is 5.92 Å². The molecule has 0 spiro atoms. The molecule has 5 heteroatoms. The van der Waals surface area contributed by atoms with Gasteiger partial charge < -0.3 is 14.8 Å². The molecule has 0 fully saturated rings. The first kappa shape index (κ1) is 19.6. The zero-order valence-electron chi connectivity index (χ0n) is 12.7. The third kappa shape index (κ3) is 6.33. The van der Waals surface area contributed by atoms with Crippen molar-refractivity contribution in [3.05, 3.63) is 22.2 Å². The van der Waals surface area contributed by atoms with Crippen LogP contribution in [0, 0.1) is 5.92 Å². The summed E-state index contributed by atoms with van der Waals surface area (Å²) in [6.45, 7) is 9.02. The normalized spacial score (nSPS) is 10.3. The summed E-state index contributed by atoms with van der Waals surface area (Å²) in [6, 6.07) is 4.12. The summed E-state index contributed by atoms with van der Waals surface area (Å²) in [5.74, 6) is 2.22. The Hall–Kier alpha value is -0.450. The molecule has 3 nitrogen and oxygen atoms in total. The maximum atomic E-state index is 5.71. The zero-order chi connectivity index (χ0) is 14.3. The summed E-state index contributed by atoms with van der Waals surface area (Å²) < 4.78 is 12.1. The molecule has 0 saturated carbocycles. The number of halogens is 2. The summed E-state index contributed by atoms with van der Waals surface area (Å²) in [6.07, 6.45) is 0.979. The van der Waals surface area contributed by atoms with Crippen molar-refractivity contribution in [1.82, 2.24) is 5.32 Å². The molecule has 0 aliphatic heterocycles. The average molecular weight is 367 g/mol. The lowest BCUT2D eigenvalue weighted by Gasteiger charge is -2.14. The van der Waals surface area contributed by atoms with E-state index in [1.54, 1.807) is 7.11 Å². The van der Waals surface area contributed by atoms with Gasteiger partial charge in [-0.1, -0.05) is 20.8 Å². The molecule has 0 saturated heterocycles. The standard InChI is InChI=1S/C15H24BrNO2.ClH/c1-5-6-19-15-13(16)7-12(8-14(15)18-4)10-17-9-11(2)3;/h7-8,11,17H,5-6,9-10H2,1-4H3;1H. The largest absolute Gasteiger partial charge is 0.493 e. The van der Waals surface area contributed by atoms with Crippen LogP contribution in [0.15, 0.2) is 16.6 Å². The third-order valence-electron chi connectivity index (χ3n) is 2.62. The van der Waals surface area contributed by atoms with E-state index < -0.39 is 0 Å². The van der Waals surface area contributed by atoms with Gasteiger partial charge in [-0.25, -0.2) is 0 Å². The van der Waals surface area contributed by atoms with E-state index in [-0.39, 0.29) is 12.4 Å². The Balaban J connectivity index is 0.00000361. The van der Waals surface area contributed by atoms with Gasteiger partial charge in [0, 0.05) is 6.54 Å². The predicted octanol–water partition coefficient (Wildman–Crippen LogP) is 4.41. The van der Waals surface area contributed by atoms with Crippen LogP contribution in [0.25, 0.3) is 0 Å². The van der Waals surface area contributed by atoms with Crippen molar-refractivity contribution in [2.45, 2.75) is 33.7 Å². The minimum absolute atomic E-state index is 0. The Morgan fingerprint density at radius 3 is 2.55 bits per heavy atom. The van der Waals surface area contributed by atoms with E-state index in [1.807, 2.05) is 6.07 Å². The Morgan fingerprint density at radius 1 is 1.30 bits per heavy atom. The molecule has 0 amide bonds. The monoisotopic (exact) mass is 365 g/mol. The van der Waals surface area contributed by atoms with Crippen LogP contribution in [0.2, 0.25) is 0 Å². The summed E-state index contributed by atoms with van der Waals surface area (Å²) in [5, 5.41) is 3.43. The highest BCUT2D eigenvalue weighted by Crippen LogP contribution is 2.36.